The Morgan fingerprint density at radius 1 is 1.21 bits per heavy atom. The van der Waals surface area contributed by atoms with Crippen LogP contribution in [0.3, 0.4) is 0 Å². The second-order valence-corrected chi connectivity index (χ2v) is 8.20. The first-order valence-electron chi connectivity index (χ1n) is 8.58. The number of primary sulfonamides is 1. The summed E-state index contributed by atoms with van der Waals surface area (Å²) in [5.41, 5.74) is 2.04. The molecule has 1 heterocycles. The Morgan fingerprint density at radius 2 is 1.89 bits per heavy atom. The molecule has 3 rings (SSSR count). The molecule has 8 nitrogen and oxygen atoms in total. The van der Waals surface area contributed by atoms with Crippen molar-refractivity contribution >= 4 is 33.2 Å². The first-order chi connectivity index (χ1) is 13.2. The van der Waals surface area contributed by atoms with Gasteiger partial charge in [-0.2, -0.15) is 0 Å². The van der Waals surface area contributed by atoms with E-state index < -0.39 is 15.9 Å². The number of methoxy groups -OCH3 is 1. The Balaban J connectivity index is 1.73. The molecule has 2 amide bonds. The zero-order valence-corrected chi connectivity index (χ0v) is 16.3. The lowest BCUT2D eigenvalue weighted by Crippen LogP contribution is -2.28. The molecule has 0 radical (unpaired) electrons. The van der Waals surface area contributed by atoms with Crippen LogP contribution in [0.4, 0.5) is 11.4 Å². The number of carbonyl (C=O) groups excluding carboxylic acids is 2. The minimum Gasteiger partial charge on any atom is -0.495 e. The number of nitrogens with zero attached hydrogens (tertiary/aromatic N) is 1. The van der Waals surface area contributed by atoms with Crippen molar-refractivity contribution in [2.24, 2.45) is 11.1 Å². The number of aryl methyl sites for hydroxylation is 1. The summed E-state index contributed by atoms with van der Waals surface area (Å²) in [7, 11) is -2.26. The van der Waals surface area contributed by atoms with Crippen molar-refractivity contribution in [3.63, 3.8) is 0 Å². The Morgan fingerprint density at radius 3 is 2.50 bits per heavy atom. The molecule has 0 aromatic heterocycles. The van der Waals surface area contributed by atoms with Crippen LogP contribution < -0.4 is 20.1 Å². The summed E-state index contributed by atoms with van der Waals surface area (Å²) in [5, 5.41) is 7.77. The van der Waals surface area contributed by atoms with Crippen LogP contribution >= 0.6 is 0 Å². The van der Waals surface area contributed by atoms with Gasteiger partial charge in [-0.15, -0.1) is 0 Å². The number of amides is 2. The Bertz CT molecular complexity index is 1020. The molecule has 1 aliphatic heterocycles. The molecule has 1 fully saturated rings. The zero-order valence-electron chi connectivity index (χ0n) is 15.5. The van der Waals surface area contributed by atoms with Crippen LogP contribution in [0, 0.1) is 12.8 Å². The quantitative estimate of drug-likeness (QED) is 0.787. The predicted molar refractivity (Wildman–Crippen MR) is 105 cm³/mol. The van der Waals surface area contributed by atoms with Gasteiger partial charge >= 0.3 is 0 Å². The Kier molecular flexibility index (Phi) is 5.39. The molecule has 0 unspecified atom stereocenters. The van der Waals surface area contributed by atoms with Crippen LogP contribution in [-0.2, 0) is 19.6 Å². The molecule has 0 saturated carbocycles. The van der Waals surface area contributed by atoms with Crippen LogP contribution in [0.25, 0.3) is 0 Å². The number of carbonyl (C=O) groups is 2. The molecule has 0 aliphatic carbocycles. The van der Waals surface area contributed by atoms with Crippen LogP contribution in [-0.4, -0.2) is 33.9 Å². The highest BCUT2D eigenvalue weighted by atomic mass is 32.2. The van der Waals surface area contributed by atoms with Crippen molar-refractivity contribution in [3.05, 3.63) is 48.0 Å². The van der Waals surface area contributed by atoms with Gasteiger partial charge < -0.3 is 15.0 Å². The number of nitrogens with two attached hydrogens (primary N) is 1. The van der Waals surface area contributed by atoms with E-state index in [0.717, 1.165) is 5.56 Å². The molecule has 1 atom stereocenters. The second-order valence-electron chi connectivity index (χ2n) is 6.64. The van der Waals surface area contributed by atoms with Crippen molar-refractivity contribution in [1.29, 1.82) is 0 Å². The molecular weight excluding hydrogens is 382 g/mol. The summed E-state index contributed by atoms with van der Waals surface area (Å²) in [5.74, 6) is -0.436. The van der Waals surface area contributed by atoms with Gasteiger partial charge in [-0.25, -0.2) is 13.6 Å². The van der Waals surface area contributed by atoms with E-state index in [0.29, 0.717) is 17.1 Å². The summed E-state index contributed by atoms with van der Waals surface area (Å²) in [4.78, 5) is 26.6. The van der Waals surface area contributed by atoms with Gasteiger partial charge in [-0.1, -0.05) is 6.07 Å². The monoisotopic (exact) mass is 403 g/mol. The highest BCUT2D eigenvalue weighted by molar-refractivity contribution is 7.89. The zero-order chi connectivity index (χ0) is 20.5. The van der Waals surface area contributed by atoms with Crippen molar-refractivity contribution in [2.45, 2.75) is 18.2 Å². The third kappa shape index (κ3) is 4.15. The average molecular weight is 403 g/mol. The topological polar surface area (TPSA) is 119 Å². The molecule has 2 aromatic carbocycles. The maximum absolute atomic E-state index is 12.6. The molecule has 148 valence electrons. The fourth-order valence-electron chi connectivity index (χ4n) is 3.10. The van der Waals surface area contributed by atoms with Gasteiger partial charge in [0.15, 0.2) is 0 Å². The predicted octanol–water partition coefficient (Wildman–Crippen LogP) is 1.64. The normalized spacial score (nSPS) is 16.9. The summed E-state index contributed by atoms with van der Waals surface area (Å²) in [6.45, 7) is 2.15. The molecule has 28 heavy (non-hydrogen) atoms. The van der Waals surface area contributed by atoms with Gasteiger partial charge in [0.25, 0.3) is 0 Å². The minimum atomic E-state index is -3.79. The fraction of sp³-hybridized carbons (Fsp3) is 0.263. The molecule has 0 spiro atoms. The summed E-state index contributed by atoms with van der Waals surface area (Å²) in [6, 6.07) is 11.1. The van der Waals surface area contributed by atoms with Gasteiger partial charge in [-0.3, -0.25) is 9.59 Å². The fourth-order valence-corrected chi connectivity index (χ4v) is 3.61. The number of nitrogens with one attached hydrogen (secondary N) is 1. The molecular formula is C19H21N3O5S. The van der Waals surface area contributed by atoms with Gasteiger partial charge in [-0.05, 0) is 48.9 Å². The SMILES string of the molecule is COc1ccc(C)cc1N1C[C@@H](C(=O)Nc2ccc(S(N)(=O)=O)cc2)CC1=O. The third-order valence-electron chi connectivity index (χ3n) is 4.57. The third-order valence-corrected chi connectivity index (χ3v) is 5.50. The van der Waals surface area contributed by atoms with E-state index in [9.17, 15) is 18.0 Å². The lowest BCUT2D eigenvalue weighted by molar-refractivity contribution is -0.122. The average Bonchev–Trinajstić information content (AvgIpc) is 3.03. The molecule has 2 aromatic rings. The minimum absolute atomic E-state index is 0.0424. The Labute approximate surface area is 163 Å². The van der Waals surface area contributed by atoms with E-state index in [-0.39, 0.29) is 29.7 Å². The van der Waals surface area contributed by atoms with Crippen LogP contribution in [0.2, 0.25) is 0 Å². The molecule has 1 aliphatic rings. The molecule has 0 bridgehead atoms. The molecule has 1 saturated heterocycles. The van der Waals surface area contributed by atoms with Crippen molar-refractivity contribution < 1.29 is 22.7 Å². The molecule has 3 N–H and O–H groups in total. The maximum Gasteiger partial charge on any atom is 0.238 e. The van der Waals surface area contributed by atoms with Gasteiger partial charge in [0.05, 0.1) is 23.6 Å². The van der Waals surface area contributed by atoms with E-state index in [2.05, 4.69) is 5.32 Å². The highest BCUT2D eigenvalue weighted by Crippen LogP contribution is 2.34. The van der Waals surface area contributed by atoms with E-state index in [1.54, 1.807) is 11.0 Å². The number of anilines is 2. The van der Waals surface area contributed by atoms with Gasteiger partial charge in [0, 0.05) is 18.7 Å². The van der Waals surface area contributed by atoms with Crippen molar-refractivity contribution in [3.8, 4) is 5.75 Å². The number of benzene rings is 2. The smallest absolute Gasteiger partial charge is 0.238 e. The maximum atomic E-state index is 12.6. The van der Waals surface area contributed by atoms with Gasteiger partial charge in [0.1, 0.15) is 5.75 Å². The first-order valence-corrected chi connectivity index (χ1v) is 10.1. The standard InChI is InChI=1S/C19H21N3O5S/c1-12-3-8-17(27-2)16(9-12)22-11-13(10-18(22)23)19(24)21-14-4-6-15(7-5-14)28(20,25)26/h3-9,13H,10-11H2,1-2H3,(H,21,24)(H2,20,25,26)/t13-/m0/s1. The van der Waals surface area contributed by atoms with Crippen LogP contribution in [0.15, 0.2) is 47.4 Å². The highest BCUT2D eigenvalue weighted by Gasteiger charge is 2.36. The largest absolute Gasteiger partial charge is 0.495 e. The van der Waals surface area contributed by atoms with Crippen molar-refractivity contribution in [2.75, 3.05) is 23.9 Å². The number of hydrogen-bond acceptors (Lipinski definition) is 5. The van der Waals surface area contributed by atoms with Crippen LogP contribution in [0.1, 0.15) is 12.0 Å². The lowest BCUT2D eigenvalue weighted by Gasteiger charge is -2.20. The van der Waals surface area contributed by atoms with E-state index in [4.69, 9.17) is 9.88 Å². The summed E-state index contributed by atoms with van der Waals surface area (Å²) < 4.78 is 27.9. The molecule has 9 heteroatoms. The first kappa shape index (κ1) is 19.8. The summed E-state index contributed by atoms with van der Waals surface area (Å²) in [6.07, 6.45) is 0.0815. The number of ether oxygens (including phenoxy) is 1. The Hall–Kier alpha value is -2.91. The number of hydrogen-bond donors (Lipinski definition) is 2. The van der Waals surface area contributed by atoms with Crippen molar-refractivity contribution in [1.82, 2.24) is 0 Å². The van der Waals surface area contributed by atoms with E-state index in [1.807, 2.05) is 19.1 Å². The number of sulfonamides is 1. The van der Waals surface area contributed by atoms with E-state index in [1.165, 1.54) is 31.4 Å². The van der Waals surface area contributed by atoms with E-state index >= 15 is 0 Å². The second kappa shape index (κ2) is 7.61. The van der Waals surface area contributed by atoms with Gasteiger partial charge in [0.2, 0.25) is 21.8 Å². The summed E-state index contributed by atoms with van der Waals surface area (Å²) >= 11 is 0. The lowest BCUT2D eigenvalue weighted by atomic mass is 10.1. The van der Waals surface area contributed by atoms with Crippen LogP contribution in [0.5, 0.6) is 5.75 Å². The number of rotatable bonds is 5.